The third-order valence-corrected chi connectivity index (χ3v) is 1.93. The molecule has 0 radical (unpaired) electrons. The lowest BCUT2D eigenvalue weighted by atomic mass is 10.2. The van der Waals surface area contributed by atoms with Crippen LogP contribution in [0.1, 0.15) is 24.9 Å². The highest BCUT2D eigenvalue weighted by Gasteiger charge is 2.14. The Balaban J connectivity index is 2.32. The molecule has 60 valence electrons. The first kappa shape index (κ1) is 6.70. The van der Waals surface area contributed by atoms with Crippen LogP contribution in [0, 0.1) is 0 Å². The maximum atomic E-state index is 5.39. The molecule has 0 amide bonds. The topological polar surface area (TPSA) is 37.9 Å². The molecule has 0 saturated heterocycles. The van der Waals surface area contributed by atoms with Gasteiger partial charge in [-0.05, 0) is 12.8 Å². The number of H-pyrrole nitrogens is 1. The molecular weight excluding hydrogens is 140 g/mol. The summed E-state index contributed by atoms with van der Waals surface area (Å²) >= 11 is 0. The van der Waals surface area contributed by atoms with E-state index in [1.54, 1.807) is 0 Å². The van der Waals surface area contributed by atoms with Crippen LogP contribution in [0.4, 0.5) is 0 Å². The van der Waals surface area contributed by atoms with E-state index in [-0.39, 0.29) is 0 Å². The number of nitrogens with zero attached hydrogens (tertiary/aromatic N) is 1. The largest absolute Gasteiger partial charge is 0.478 e. The SMILES string of the molecule is CCc1nc2c([nH]1)OCCC2. The maximum Gasteiger partial charge on any atom is 0.214 e. The third-order valence-electron chi connectivity index (χ3n) is 1.93. The Bertz CT molecular complexity index is 231. The quantitative estimate of drug-likeness (QED) is 0.658. The van der Waals surface area contributed by atoms with Gasteiger partial charge in [0.05, 0.1) is 6.61 Å². The molecule has 1 N–H and O–H groups in total. The van der Waals surface area contributed by atoms with E-state index in [2.05, 4.69) is 16.9 Å². The predicted molar refractivity (Wildman–Crippen MR) is 41.8 cm³/mol. The standard InChI is InChI=1S/C8H12N2O/c1-2-7-9-6-4-3-5-11-8(6)10-7/h2-5H2,1H3,(H,9,10). The highest BCUT2D eigenvalue weighted by Crippen LogP contribution is 2.21. The summed E-state index contributed by atoms with van der Waals surface area (Å²) in [6.07, 6.45) is 3.11. The van der Waals surface area contributed by atoms with Crippen molar-refractivity contribution in [1.29, 1.82) is 0 Å². The van der Waals surface area contributed by atoms with Crippen molar-refractivity contribution in [2.75, 3.05) is 6.61 Å². The second-order valence-corrected chi connectivity index (χ2v) is 2.76. The first-order valence-electron chi connectivity index (χ1n) is 4.10. The Hall–Kier alpha value is -0.990. The summed E-state index contributed by atoms with van der Waals surface area (Å²) in [6, 6.07) is 0. The van der Waals surface area contributed by atoms with Crippen LogP contribution in [0.3, 0.4) is 0 Å². The van der Waals surface area contributed by atoms with Crippen LogP contribution in [0.25, 0.3) is 0 Å². The molecule has 0 unspecified atom stereocenters. The molecule has 0 atom stereocenters. The van der Waals surface area contributed by atoms with E-state index >= 15 is 0 Å². The molecule has 1 aromatic rings. The maximum absolute atomic E-state index is 5.39. The van der Waals surface area contributed by atoms with Gasteiger partial charge < -0.3 is 9.72 Å². The Kier molecular flexibility index (Phi) is 1.56. The molecule has 0 aromatic carbocycles. The van der Waals surface area contributed by atoms with Crippen molar-refractivity contribution < 1.29 is 4.74 Å². The lowest BCUT2D eigenvalue weighted by Crippen LogP contribution is -2.07. The molecule has 0 aliphatic carbocycles. The highest BCUT2D eigenvalue weighted by molar-refractivity contribution is 5.22. The van der Waals surface area contributed by atoms with Gasteiger partial charge in [0.2, 0.25) is 5.88 Å². The van der Waals surface area contributed by atoms with Gasteiger partial charge in [-0.1, -0.05) is 6.92 Å². The van der Waals surface area contributed by atoms with Crippen molar-refractivity contribution in [2.45, 2.75) is 26.2 Å². The average molecular weight is 152 g/mol. The molecule has 2 heterocycles. The summed E-state index contributed by atoms with van der Waals surface area (Å²) in [5, 5.41) is 0. The van der Waals surface area contributed by atoms with Crippen LogP contribution in [0.5, 0.6) is 5.88 Å². The van der Waals surface area contributed by atoms with Crippen molar-refractivity contribution in [3.63, 3.8) is 0 Å². The Morgan fingerprint density at radius 2 is 2.55 bits per heavy atom. The van der Waals surface area contributed by atoms with E-state index in [1.165, 1.54) is 0 Å². The molecule has 11 heavy (non-hydrogen) atoms. The summed E-state index contributed by atoms with van der Waals surface area (Å²) in [5.74, 6) is 1.94. The number of aryl methyl sites for hydroxylation is 2. The van der Waals surface area contributed by atoms with Crippen molar-refractivity contribution >= 4 is 0 Å². The molecule has 1 aliphatic heterocycles. The molecule has 1 aromatic heterocycles. The molecule has 3 heteroatoms. The lowest BCUT2D eigenvalue weighted by Gasteiger charge is -2.09. The van der Waals surface area contributed by atoms with Gasteiger partial charge in [-0.3, -0.25) is 0 Å². The highest BCUT2D eigenvalue weighted by atomic mass is 16.5. The minimum absolute atomic E-state index is 0.832. The molecule has 0 fully saturated rings. The number of aromatic amines is 1. The van der Waals surface area contributed by atoms with Crippen LogP contribution in [0.2, 0.25) is 0 Å². The number of rotatable bonds is 1. The number of hydrogen-bond donors (Lipinski definition) is 1. The van der Waals surface area contributed by atoms with Crippen molar-refractivity contribution in [3.8, 4) is 5.88 Å². The van der Waals surface area contributed by atoms with Crippen LogP contribution in [-0.2, 0) is 12.8 Å². The van der Waals surface area contributed by atoms with Gasteiger partial charge in [0.25, 0.3) is 0 Å². The first-order valence-corrected chi connectivity index (χ1v) is 4.10. The summed E-state index contributed by atoms with van der Waals surface area (Å²) in [4.78, 5) is 7.54. The van der Waals surface area contributed by atoms with Crippen molar-refractivity contribution in [3.05, 3.63) is 11.5 Å². The van der Waals surface area contributed by atoms with Crippen molar-refractivity contribution in [1.82, 2.24) is 9.97 Å². The van der Waals surface area contributed by atoms with E-state index < -0.39 is 0 Å². The van der Waals surface area contributed by atoms with Crippen LogP contribution < -0.4 is 4.74 Å². The zero-order valence-electron chi connectivity index (χ0n) is 6.68. The Labute approximate surface area is 65.8 Å². The van der Waals surface area contributed by atoms with E-state index in [0.717, 1.165) is 43.3 Å². The molecule has 3 nitrogen and oxygen atoms in total. The molecule has 0 spiro atoms. The van der Waals surface area contributed by atoms with Crippen LogP contribution in [0.15, 0.2) is 0 Å². The van der Waals surface area contributed by atoms with E-state index in [0.29, 0.717) is 0 Å². The second kappa shape index (κ2) is 2.57. The fraction of sp³-hybridized carbons (Fsp3) is 0.625. The minimum Gasteiger partial charge on any atom is -0.478 e. The summed E-state index contributed by atoms with van der Waals surface area (Å²) < 4.78 is 5.39. The number of fused-ring (bicyclic) bond motifs is 1. The zero-order valence-corrected chi connectivity index (χ0v) is 6.68. The molecule has 1 aliphatic rings. The fourth-order valence-electron chi connectivity index (χ4n) is 1.31. The van der Waals surface area contributed by atoms with Gasteiger partial charge >= 0.3 is 0 Å². The summed E-state index contributed by atoms with van der Waals surface area (Å²) in [6.45, 7) is 2.92. The minimum atomic E-state index is 0.832. The Morgan fingerprint density at radius 3 is 3.27 bits per heavy atom. The van der Waals surface area contributed by atoms with Gasteiger partial charge in [-0.25, -0.2) is 4.98 Å². The number of aromatic nitrogens is 2. The number of ether oxygens (including phenoxy) is 1. The normalized spacial score (nSPS) is 15.7. The third kappa shape index (κ3) is 1.11. The van der Waals surface area contributed by atoms with Gasteiger partial charge in [-0.2, -0.15) is 0 Å². The number of nitrogens with one attached hydrogen (secondary N) is 1. The average Bonchev–Trinajstić information content (AvgIpc) is 2.46. The Morgan fingerprint density at radius 1 is 1.64 bits per heavy atom. The summed E-state index contributed by atoms with van der Waals surface area (Å²) in [7, 11) is 0. The molecule has 0 saturated carbocycles. The van der Waals surface area contributed by atoms with Gasteiger partial charge in [0, 0.05) is 6.42 Å². The van der Waals surface area contributed by atoms with Gasteiger partial charge in [0.15, 0.2) is 0 Å². The monoisotopic (exact) mass is 152 g/mol. The van der Waals surface area contributed by atoms with Gasteiger partial charge in [-0.15, -0.1) is 0 Å². The number of imidazole rings is 1. The molecule has 0 bridgehead atoms. The predicted octanol–water partition coefficient (Wildman–Crippen LogP) is 1.30. The molecule has 2 rings (SSSR count). The van der Waals surface area contributed by atoms with Gasteiger partial charge in [0.1, 0.15) is 11.5 Å². The lowest BCUT2D eigenvalue weighted by molar-refractivity contribution is 0.277. The first-order chi connectivity index (χ1) is 5.40. The molecular formula is C8H12N2O. The fourth-order valence-corrected chi connectivity index (χ4v) is 1.31. The van der Waals surface area contributed by atoms with E-state index in [4.69, 9.17) is 4.74 Å². The van der Waals surface area contributed by atoms with Crippen molar-refractivity contribution in [2.24, 2.45) is 0 Å². The smallest absolute Gasteiger partial charge is 0.214 e. The number of hydrogen-bond acceptors (Lipinski definition) is 2. The summed E-state index contributed by atoms with van der Waals surface area (Å²) in [5.41, 5.74) is 1.10. The van der Waals surface area contributed by atoms with E-state index in [1.807, 2.05) is 0 Å². The van der Waals surface area contributed by atoms with Crippen LogP contribution in [-0.4, -0.2) is 16.6 Å². The zero-order chi connectivity index (χ0) is 7.68. The second-order valence-electron chi connectivity index (χ2n) is 2.76. The van der Waals surface area contributed by atoms with E-state index in [9.17, 15) is 0 Å². The van der Waals surface area contributed by atoms with Crippen LogP contribution >= 0.6 is 0 Å².